The van der Waals surface area contributed by atoms with Crippen molar-refractivity contribution in [1.29, 1.82) is 0 Å². The largest absolute Gasteiger partial charge is 0.505 e. The highest BCUT2D eigenvalue weighted by Crippen LogP contribution is 2.19. The van der Waals surface area contributed by atoms with Gasteiger partial charge in [0.25, 0.3) is 0 Å². The van der Waals surface area contributed by atoms with E-state index in [0.717, 1.165) is 0 Å². The number of aromatic hydroxyl groups is 1. The molecule has 0 saturated heterocycles. The topological polar surface area (TPSA) is 50.2 Å². The molecule has 3 nitrogen and oxygen atoms in total. The quantitative estimate of drug-likeness (QED) is 0.516. The molecule has 1 rings (SSSR count). The summed E-state index contributed by atoms with van der Waals surface area (Å²) in [6, 6.07) is 2.76. The van der Waals surface area contributed by atoms with Crippen molar-refractivity contribution in [1.82, 2.24) is 4.98 Å². The lowest BCUT2D eigenvalue weighted by Crippen LogP contribution is -1.95. The molecular weight excluding hydrogens is 166 g/mol. The first-order valence-electron chi connectivity index (χ1n) is 2.97. The summed E-state index contributed by atoms with van der Waals surface area (Å²) in [5.74, 6) is -0.288. The molecule has 0 aliphatic rings. The molecule has 58 valence electrons. The number of Topliss-reactive ketones (excluding diaryl/α,β-unsaturated/α-hetero) is 1. The maximum atomic E-state index is 10.7. The summed E-state index contributed by atoms with van der Waals surface area (Å²) in [4.78, 5) is 14.3. The van der Waals surface area contributed by atoms with Crippen LogP contribution in [-0.2, 0) is 0 Å². The Labute approximate surface area is 68.6 Å². The van der Waals surface area contributed by atoms with Crippen molar-refractivity contribution < 1.29 is 9.90 Å². The summed E-state index contributed by atoms with van der Waals surface area (Å²) in [6.07, 6.45) is 0. The molecule has 0 aliphatic heterocycles. The van der Waals surface area contributed by atoms with E-state index in [0.29, 0.717) is 0 Å². The maximum absolute atomic E-state index is 10.7. The SMILES string of the molecule is CC(=O)c1ccc(O)c(Cl)n1. The second-order valence-corrected chi connectivity index (χ2v) is 2.42. The van der Waals surface area contributed by atoms with Crippen LogP contribution in [0.5, 0.6) is 5.75 Å². The van der Waals surface area contributed by atoms with Crippen LogP contribution >= 0.6 is 11.6 Å². The highest BCUT2D eigenvalue weighted by atomic mass is 35.5. The lowest BCUT2D eigenvalue weighted by molar-refractivity contribution is 0.101. The van der Waals surface area contributed by atoms with E-state index in [1.165, 1.54) is 19.1 Å². The highest BCUT2D eigenvalue weighted by molar-refractivity contribution is 6.30. The average molecular weight is 172 g/mol. The van der Waals surface area contributed by atoms with Gasteiger partial charge in [0.15, 0.2) is 16.7 Å². The molecule has 0 fully saturated rings. The molecule has 0 atom stereocenters. The highest BCUT2D eigenvalue weighted by Gasteiger charge is 2.04. The molecule has 1 heterocycles. The van der Waals surface area contributed by atoms with Crippen LogP contribution < -0.4 is 0 Å². The lowest BCUT2D eigenvalue weighted by Gasteiger charge is -1.96. The fourth-order valence-electron chi connectivity index (χ4n) is 0.623. The van der Waals surface area contributed by atoms with Crippen LogP contribution in [0.4, 0.5) is 0 Å². The third-order valence-corrected chi connectivity index (χ3v) is 1.47. The molecule has 0 spiro atoms. The predicted octanol–water partition coefficient (Wildman–Crippen LogP) is 1.64. The van der Waals surface area contributed by atoms with E-state index in [2.05, 4.69) is 4.98 Å². The molecule has 0 radical (unpaired) electrons. The van der Waals surface area contributed by atoms with Gasteiger partial charge in [0.05, 0.1) is 0 Å². The Kier molecular flexibility index (Phi) is 2.10. The van der Waals surface area contributed by atoms with E-state index in [1.807, 2.05) is 0 Å². The summed E-state index contributed by atoms with van der Waals surface area (Å²) in [6.45, 7) is 1.38. The van der Waals surface area contributed by atoms with E-state index in [1.54, 1.807) is 0 Å². The molecule has 0 bridgehead atoms. The number of halogens is 1. The summed E-state index contributed by atoms with van der Waals surface area (Å²) in [7, 11) is 0. The minimum absolute atomic E-state index is 0.0438. The number of rotatable bonds is 1. The normalized spacial score (nSPS) is 9.64. The van der Waals surface area contributed by atoms with Gasteiger partial charge in [-0.1, -0.05) is 11.6 Å². The van der Waals surface area contributed by atoms with Gasteiger partial charge < -0.3 is 5.11 Å². The second kappa shape index (κ2) is 2.88. The van der Waals surface area contributed by atoms with Crippen molar-refractivity contribution in [2.75, 3.05) is 0 Å². The van der Waals surface area contributed by atoms with Gasteiger partial charge >= 0.3 is 0 Å². The Morgan fingerprint density at radius 1 is 1.64 bits per heavy atom. The van der Waals surface area contributed by atoms with Gasteiger partial charge in [-0.05, 0) is 12.1 Å². The Balaban J connectivity index is 3.15. The van der Waals surface area contributed by atoms with Crippen LogP contribution in [0.15, 0.2) is 12.1 Å². The Morgan fingerprint density at radius 2 is 2.27 bits per heavy atom. The first-order valence-corrected chi connectivity index (χ1v) is 3.35. The van der Waals surface area contributed by atoms with Crippen LogP contribution in [0.1, 0.15) is 17.4 Å². The minimum Gasteiger partial charge on any atom is -0.505 e. The number of aromatic nitrogens is 1. The molecule has 0 saturated carbocycles. The van der Waals surface area contributed by atoms with E-state index in [9.17, 15) is 4.79 Å². The van der Waals surface area contributed by atoms with Gasteiger partial charge in [0, 0.05) is 6.92 Å². The van der Waals surface area contributed by atoms with Crippen molar-refractivity contribution in [2.24, 2.45) is 0 Å². The molecule has 0 unspecified atom stereocenters. The van der Waals surface area contributed by atoms with Crippen molar-refractivity contribution in [3.8, 4) is 5.75 Å². The first-order chi connectivity index (χ1) is 5.11. The van der Waals surface area contributed by atoms with Gasteiger partial charge in [-0.25, -0.2) is 4.98 Å². The Morgan fingerprint density at radius 3 is 2.73 bits per heavy atom. The van der Waals surface area contributed by atoms with Gasteiger partial charge in [-0.2, -0.15) is 0 Å². The van der Waals surface area contributed by atoms with Crippen LogP contribution in [-0.4, -0.2) is 15.9 Å². The number of hydrogen-bond donors (Lipinski definition) is 1. The smallest absolute Gasteiger partial charge is 0.178 e. The van der Waals surface area contributed by atoms with E-state index in [4.69, 9.17) is 16.7 Å². The van der Waals surface area contributed by atoms with Gasteiger partial charge in [0.2, 0.25) is 0 Å². The Hall–Kier alpha value is -1.09. The van der Waals surface area contributed by atoms with E-state index in [-0.39, 0.29) is 22.4 Å². The van der Waals surface area contributed by atoms with Crippen molar-refractivity contribution in [2.45, 2.75) is 6.92 Å². The maximum Gasteiger partial charge on any atom is 0.178 e. The number of carbonyl (C=O) groups is 1. The minimum atomic E-state index is -0.174. The zero-order valence-corrected chi connectivity index (χ0v) is 6.59. The lowest BCUT2D eigenvalue weighted by atomic mass is 10.3. The van der Waals surface area contributed by atoms with Crippen LogP contribution in [0.2, 0.25) is 5.15 Å². The average Bonchev–Trinajstić information content (AvgIpc) is 1.94. The predicted molar refractivity (Wildman–Crippen MR) is 40.9 cm³/mol. The van der Waals surface area contributed by atoms with E-state index < -0.39 is 0 Å². The van der Waals surface area contributed by atoms with E-state index >= 15 is 0 Å². The summed E-state index contributed by atoms with van der Waals surface area (Å²) in [5, 5.41) is 8.88. The summed E-state index contributed by atoms with van der Waals surface area (Å²) >= 11 is 5.44. The van der Waals surface area contributed by atoms with Crippen molar-refractivity contribution in [3.63, 3.8) is 0 Å². The molecule has 0 aromatic carbocycles. The number of hydrogen-bond acceptors (Lipinski definition) is 3. The third-order valence-electron chi connectivity index (χ3n) is 1.19. The Bertz CT molecular complexity index is 298. The number of ketones is 1. The molecular formula is C7H6ClNO2. The molecule has 4 heteroatoms. The molecule has 0 amide bonds. The molecule has 0 aliphatic carbocycles. The number of pyridine rings is 1. The number of carbonyl (C=O) groups excluding carboxylic acids is 1. The zero-order valence-electron chi connectivity index (χ0n) is 5.84. The van der Waals surface area contributed by atoms with Crippen LogP contribution in [0.3, 0.4) is 0 Å². The monoisotopic (exact) mass is 171 g/mol. The second-order valence-electron chi connectivity index (χ2n) is 2.06. The van der Waals surface area contributed by atoms with Crippen LogP contribution in [0.25, 0.3) is 0 Å². The third kappa shape index (κ3) is 1.68. The number of nitrogens with zero attached hydrogens (tertiary/aromatic N) is 1. The standard InChI is InChI=1S/C7H6ClNO2/c1-4(10)5-2-3-6(11)7(8)9-5/h2-3,11H,1H3. The summed E-state index contributed by atoms with van der Waals surface area (Å²) < 4.78 is 0. The van der Waals surface area contributed by atoms with Gasteiger partial charge in [0.1, 0.15) is 5.69 Å². The fraction of sp³-hybridized carbons (Fsp3) is 0.143. The summed E-state index contributed by atoms with van der Waals surface area (Å²) in [5.41, 5.74) is 0.257. The molecule has 1 aromatic rings. The zero-order chi connectivity index (χ0) is 8.43. The molecule has 1 aromatic heterocycles. The van der Waals surface area contributed by atoms with Gasteiger partial charge in [-0.15, -0.1) is 0 Å². The van der Waals surface area contributed by atoms with Crippen LogP contribution in [0, 0.1) is 0 Å². The fourth-order valence-corrected chi connectivity index (χ4v) is 0.777. The molecule has 1 N–H and O–H groups in total. The van der Waals surface area contributed by atoms with Gasteiger partial charge in [-0.3, -0.25) is 4.79 Å². The first kappa shape index (κ1) is 8.01. The van der Waals surface area contributed by atoms with Crippen molar-refractivity contribution in [3.05, 3.63) is 23.0 Å². The molecule has 11 heavy (non-hydrogen) atoms. The van der Waals surface area contributed by atoms with Crippen molar-refractivity contribution >= 4 is 17.4 Å².